The van der Waals surface area contributed by atoms with E-state index in [4.69, 9.17) is 0 Å². The number of hydrogen-bond donors (Lipinski definition) is 1. The maximum atomic E-state index is 11.6. The van der Waals surface area contributed by atoms with E-state index in [1.807, 2.05) is 0 Å². The first-order chi connectivity index (χ1) is 9.04. The van der Waals surface area contributed by atoms with Gasteiger partial charge in [-0.3, -0.25) is 19.6 Å². The molecule has 0 aliphatic rings. The van der Waals surface area contributed by atoms with Crippen LogP contribution < -0.4 is 5.43 Å². The summed E-state index contributed by atoms with van der Waals surface area (Å²) in [4.78, 5) is 22.4. The van der Waals surface area contributed by atoms with Crippen molar-refractivity contribution in [1.29, 1.82) is 0 Å². The normalized spacial score (nSPS) is 10.4. The number of aryl methyl sites for hydroxylation is 1. The van der Waals surface area contributed by atoms with Gasteiger partial charge in [-0.25, -0.2) is 5.43 Å². The molecular formula is C9H9BrN6O3. The molecule has 0 radical (unpaired) electrons. The molecule has 0 fully saturated rings. The van der Waals surface area contributed by atoms with Gasteiger partial charge in [0.05, 0.1) is 15.6 Å². The van der Waals surface area contributed by atoms with Gasteiger partial charge in [-0.1, -0.05) is 0 Å². The number of nitrogens with one attached hydrogen (secondary N) is 1. The van der Waals surface area contributed by atoms with Crippen molar-refractivity contribution in [3.05, 3.63) is 39.4 Å². The van der Waals surface area contributed by atoms with E-state index in [0.29, 0.717) is 6.54 Å². The lowest BCUT2D eigenvalue weighted by Crippen LogP contribution is -2.24. The van der Waals surface area contributed by atoms with Crippen LogP contribution in [0.25, 0.3) is 0 Å². The van der Waals surface area contributed by atoms with Crippen molar-refractivity contribution in [2.75, 3.05) is 5.43 Å². The first-order valence-electron chi connectivity index (χ1n) is 5.21. The zero-order valence-electron chi connectivity index (χ0n) is 9.56. The lowest BCUT2D eigenvalue weighted by Gasteiger charge is -2.04. The summed E-state index contributed by atoms with van der Waals surface area (Å²) < 4.78 is 2.44. The molecular weight excluding hydrogens is 320 g/mol. The molecule has 0 unspecified atom stereocenters. The Bertz CT molecular complexity index is 607. The Morgan fingerprint density at radius 3 is 2.79 bits per heavy atom. The van der Waals surface area contributed by atoms with Crippen LogP contribution in [0.5, 0.6) is 0 Å². The Kier molecular flexibility index (Phi) is 3.90. The Morgan fingerprint density at radius 2 is 2.21 bits per heavy atom. The van der Waals surface area contributed by atoms with Crippen molar-refractivity contribution in [3.8, 4) is 0 Å². The molecule has 0 saturated carbocycles. The fraction of sp³-hybridized carbons (Fsp3) is 0.222. The quantitative estimate of drug-likeness (QED) is 0.648. The maximum Gasteiger partial charge on any atom is 0.309 e. The van der Waals surface area contributed by atoms with Crippen LogP contribution in [0.2, 0.25) is 0 Å². The molecule has 0 saturated heterocycles. The van der Waals surface area contributed by atoms with Crippen LogP contribution in [0.15, 0.2) is 29.3 Å². The SMILES string of the molecule is O=C(CCn1cc(Br)cn1)Nn1cc([N+](=O)[O-])cn1. The monoisotopic (exact) mass is 328 g/mol. The molecule has 0 aromatic carbocycles. The summed E-state index contributed by atoms with van der Waals surface area (Å²) in [5, 5.41) is 18.1. The summed E-state index contributed by atoms with van der Waals surface area (Å²) in [6.07, 6.45) is 5.73. The molecule has 100 valence electrons. The number of hydrogen-bond acceptors (Lipinski definition) is 5. The van der Waals surface area contributed by atoms with Crippen molar-refractivity contribution in [1.82, 2.24) is 19.7 Å². The number of nitrogens with zero attached hydrogens (tertiary/aromatic N) is 5. The van der Waals surface area contributed by atoms with E-state index >= 15 is 0 Å². The molecule has 0 spiro atoms. The number of carbonyl (C=O) groups excluding carboxylic acids is 1. The molecule has 0 atom stereocenters. The van der Waals surface area contributed by atoms with Gasteiger partial charge in [-0.05, 0) is 15.9 Å². The van der Waals surface area contributed by atoms with Crippen molar-refractivity contribution < 1.29 is 9.72 Å². The third-order valence-corrected chi connectivity index (χ3v) is 2.60. The number of nitro groups is 1. The summed E-state index contributed by atoms with van der Waals surface area (Å²) in [6.45, 7) is 0.404. The van der Waals surface area contributed by atoms with Gasteiger partial charge >= 0.3 is 5.69 Å². The number of amides is 1. The molecule has 19 heavy (non-hydrogen) atoms. The molecule has 1 N–H and O–H groups in total. The van der Waals surface area contributed by atoms with Gasteiger partial charge in [0.15, 0.2) is 0 Å². The summed E-state index contributed by atoms with van der Waals surface area (Å²) >= 11 is 3.25. The highest BCUT2D eigenvalue weighted by Gasteiger charge is 2.10. The van der Waals surface area contributed by atoms with Crippen LogP contribution in [0.3, 0.4) is 0 Å². The van der Waals surface area contributed by atoms with Crippen LogP contribution in [-0.2, 0) is 11.3 Å². The summed E-state index contributed by atoms with van der Waals surface area (Å²) in [7, 11) is 0. The maximum absolute atomic E-state index is 11.6. The number of aromatic nitrogens is 4. The van der Waals surface area contributed by atoms with Gasteiger partial charge in [0.25, 0.3) is 0 Å². The lowest BCUT2D eigenvalue weighted by atomic mass is 10.4. The van der Waals surface area contributed by atoms with Crippen molar-refractivity contribution in [2.45, 2.75) is 13.0 Å². The minimum absolute atomic E-state index is 0.182. The van der Waals surface area contributed by atoms with Gasteiger partial charge in [0.2, 0.25) is 5.91 Å². The summed E-state index contributed by atoms with van der Waals surface area (Å²) in [6, 6.07) is 0. The zero-order chi connectivity index (χ0) is 13.8. The topological polar surface area (TPSA) is 108 Å². The van der Waals surface area contributed by atoms with Gasteiger partial charge < -0.3 is 0 Å². The van der Waals surface area contributed by atoms with Crippen LogP contribution in [0, 0.1) is 10.1 Å². The number of halogens is 1. The number of carbonyl (C=O) groups is 1. The van der Waals surface area contributed by atoms with Gasteiger partial charge in [-0.2, -0.15) is 15.0 Å². The van der Waals surface area contributed by atoms with Crippen LogP contribution in [0.1, 0.15) is 6.42 Å². The van der Waals surface area contributed by atoms with E-state index in [1.54, 1.807) is 17.1 Å². The molecule has 1 amide bonds. The first kappa shape index (κ1) is 13.2. The predicted molar refractivity (Wildman–Crippen MR) is 67.8 cm³/mol. The largest absolute Gasteiger partial charge is 0.309 e. The summed E-state index contributed by atoms with van der Waals surface area (Å²) in [5.41, 5.74) is 2.22. The van der Waals surface area contributed by atoms with E-state index in [1.165, 1.54) is 0 Å². The lowest BCUT2D eigenvalue weighted by molar-refractivity contribution is -0.384. The van der Waals surface area contributed by atoms with Gasteiger partial charge in [-0.15, -0.1) is 0 Å². The predicted octanol–water partition coefficient (Wildman–Crippen LogP) is 0.911. The summed E-state index contributed by atoms with van der Waals surface area (Å²) in [5.74, 6) is -0.315. The molecule has 9 nitrogen and oxygen atoms in total. The highest BCUT2D eigenvalue weighted by Crippen LogP contribution is 2.07. The van der Waals surface area contributed by atoms with Crippen molar-refractivity contribution in [3.63, 3.8) is 0 Å². The minimum atomic E-state index is -0.586. The smallest absolute Gasteiger partial charge is 0.273 e. The molecule has 0 aliphatic heterocycles. The molecule has 0 aliphatic carbocycles. The van der Waals surface area contributed by atoms with Crippen LogP contribution >= 0.6 is 15.9 Å². The Hall–Kier alpha value is -2.23. The van der Waals surface area contributed by atoms with E-state index in [-0.39, 0.29) is 18.0 Å². The average Bonchev–Trinajstić information content (AvgIpc) is 2.96. The minimum Gasteiger partial charge on any atom is -0.273 e. The molecule has 10 heteroatoms. The molecule has 2 rings (SSSR count). The third kappa shape index (κ3) is 3.61. The van der Waals surface area contributed by atoms with E-state index in [2.05, 4.69) is 31.6 Å². The van der Waals surface area contributed by atoms with Gasteiger partial charge in [0, 0.05) is 19.2 Å². The Balaban J connectivity index is 1.85. The van der Waals surface area contributed by atoms with Crippen LogP contribution in [-0.4, -0.2) is 30.5 Å². The Labute approximate surface area is 115 Å². The molecule has 0 bridgehead atoms. The van der Waals surface area contributed by atoms with Crippen molar-refractivity contribution in [2.24, 2.45) is 0 Å². The second-order valence-electron chi connectivity index (χ2n) is 3.61. The Morgan fingerprint density at radius 1 is 1.42 bits per heavy atom. The molecule has 2 aromatic heterocycles. The van der Waals surface area contributed by atoms with Gasteiger partial charge in [0.1, 0.15) is 12.4 Å². The average molecular weight is 329 g/mol. The second-order valence-corrected chi connectivity index (χ2v) is 4.52. The standard InChI is InChI=1S/C9H9BrN6O3/c10-7-3-11-14(5-7)2-1-9(17)13-15-6-8(4-12-15)16(18)19/h3-6H,1-2H2,(H,13,17). The van der Waals surface area contributed by atoms with Crippen LogP contribution in [0.4, 0.5) is 5.69 Å². The first-order valence-corrected chi connectivity index (χ1v) is 6.01. The van der Waals surface area contributed by atoms with E-state index in [0.717, 1.165) is 21.7 Å². The number of rotatable bonds is 5. The fourth-order valence-electron chi connectivity index (χ4n) is 1.33. The van der Waals surface area contributed by atoms with E-state index < -0.39 is 4.92 Å². The van der Waals surface area contributed by atoms with Crippen molar-refractivity contribution >= 4 is 27.5 Å². The third-order valence-electron chi connectivity index (χ3n) is 2.19. The molecule has 2 aromatic rings. The highest BCUT2D eigenvalue weighted by molar-refractivity contribution is 9.10. The zero-order valence-corrected chi connectivity index (χ0v) is 11.1. The second kappa shape index (κ2) is 5.61. The highest BCUT2D eigenvalue weighted by atomic mass is 79.9. The van der Waals surface area contributed by atoms with E-state index in [9.17, 15) is 14.9 Å². The fourth-order valence-corrected chi connectivity index (χ4v) is 1.66. The molecule has 2 heterocycles.